The number of imide groups is 1. The van der Waals surface area contributed by atoms with Crippen LogP contribution < -0.4 is 11.2 Å². The number of nitrogens with two attached hydrogens (primary N) is 1. The van der Waals surface area contributed by atoms with Gasteiger partial charge in [-0.2, -0.15) is 5.01 Å². The molecule has 0 radical (unpaired) electrons. The topological polar surface area (TPSA) is 84.7 Å². The van der Waals surface area contributed by atoms with Gasteiger partial charge < -0.3 is 10.1 Å². The van der Waals surface area contributed by atoms with Crippen LogP contribution in [0.25, 0.3) is 0 Å². The maximum Gasteiger partial charge on any atom is 0.432 e. The van der Waals surface area contributed by atoms with Crippen molar-refractivity contribution in [3.8, 4) is 0 Å². The smallest absolute Gasteiger partial charge is 0.432 e. The van der Waals surface area contributed by atoms with Gasteiger partial charge in [0, 0.05) is 0 Å². The number of hydrazine groups is 1. The Morgan fingerprint density at radius 1 is 1.47 bits per heavy atom. The van der Waals surface area contributed by atoms with Crippen LogP contribution in [0.4, 0.5) is 9.59 Å². The summed E-state index contributed by atoms with van der Waals surface area (Å²) in [6.45, 7) is 1.80. The molecule has 15 heavy (non-hydrogen) atoms. The standard InChI is InChI=1S/C9H13N3O3/c1-2-15-9(14)12(10)8(13)11-7-5-3-4-6-7/h3-7H,2,10H2,1H3,(H,11,13). The molecule has 0 aliphatic heterocycles. The lowest BCUT2D eigenvalue weighted by atomic mass is 10.3. The molecular weight excluding hydrogens is 198 g/mol. The molecule has 0 aromatic carbocycles. The van der Waals surface area contributed by atoms with Crippen LogP contribution in [-0.2, 0) is 4.74 Å². The van der Waals surface area contributed by atoms with E-state index in [0.717, 1.165) is 0 Å². The van der Waals surface area contributed by atoms with Crippen molar-refractivity contribution in [3.05, 3.63) is 24.3 Å². The molecule has 0 saturated carbocycles. The highest BCUT2D eigenvalue weighted by Crippen LogP contribution is 1.99. The molecule has 0 fully saturated rings. The predicted molar refractivity (Wildman–Crippen MR) is 53.6 cm³/mol. The summed E-state index contributed by atoms with van der Waals surface area (Å²) in [7, 11) is 0. The molecular formula is C9H13N3O3. The van der Waals surface area contributed by atoms with Gasteiger partial charge in [-0.3, -0.25) is 0 Å². The second kappa shape index (κ2) is 5.16. The van der Waals surface area contributed by atoms with E-state index in [1.54, 1.807) is 31.2 Å². The number of rotatable bonds is 2. The Morgan fingerprint density at radius 2 is 2.07 bits per heavy atom. The Balaban J connectivity index is 2.42. The molecule has 0 aromatic heterocycles. The Kier molecular flexibility index (Phi) is 3.87. The first kappa shape index (κ1) is 11.3. The van der Waals surface area contributed by atoms with E-state index in [1.165, 1.54) is 0 Å². The van der Waals surface area contributed by atoms with Crippen LogP contribution in [0, 0.1) is 0 Å². The van der Waals surface area contributed by atoms with Crippen LogP contribution in [0.3, 0.4) is 0 Å². The van der Waals surface area contributed by atoms with Crippen molar-refractivity contribution in [2.75, 3.05) is 6.61 Å². The molecule has 3 amide bonds. The van der Waals surface area contributed by atoms with Crippen LogP contribution in [-0.4, -0.2) is 29.8 Å². The quantitative estimate of drug-likeness (QED) is 0.396. The first-order valence-corrected chi connectivity index (χ1v) is 4.52. The minimum absolute atomic E-state index is 0.170. The third-order valence-corrected chi connectivity index (χ3v) is 1.72. The molecule has 3 N–H and O–H groups in total. The number of ether oxygens (including phenoxy) is 1. The SMILES string of the molecule is CCOC(=O)N(N)C(=O)NC1C=CC=C1. The van der Waals surface area contributed by atoms with Gasteiger partial charge in [0.05, 0.1) is 12.6 Å². The maximum atomic E-state index is 11.3. The molecule has 0 heterocycles. The van der Waals surface area contributed by atoms with E-state index in [1.807, 2.05) is 0 Å². The number of allylic oxidation sites excluding steroid dienone is 2. The molecule has 1 rings (SSSR count). The van der Waals surface area contributed by atoms with Gasteiger partial charge >= 0.3 is 12.1 Å². The summed E-state index contributed by atoms with van der Waals surface area (Å²) < 4.78 is 4.55. The molecule has 0 saturated heterocycles. The van der Waals surface area contributed by atoms with Gasteiger partial charge in [-0.1, -0.05) is 24.3 Å². The third kappa shape index (κ3) is 3.10. The highest BCUT2D eigenvalue weighted by atomic mass is 16.6. The summed E-state index contributed by atoms with van der Waals surface area (Å²) in [6, 6.07) is -0.923. The van der Waals surface area contributed by atoms with Crippen molar-refractivity contribution >= 4 is 12.1 Å². The molecule has 6 heteroatoms. The fourth-order valence-corrected chi connectivity index (χ4v) is 1.02. The summed E-state index contributed by atoms with van der Waals surface area (Å²) in [6.07, 6.45) is 6.22. The lowest BCUT2D eigenvalue weighted by Gasteiger charge is -2.16. The number of nitrogens with zero attached hydrogens (tertiary/aromatic N) is 1. The lowest BCUT2D eigenvalue weighted by molar-refractivity contribution is 0.114. The largest absolute Gasteiger partial charge is 0.448 e. The molecule has 1 aliphatic carbocycles. The Bertz CT molecular complexity index is 300. The van der Waals surface area contributed by atoms with E-state index >= 15 is 0 Å². The van der Waals surface area contributed by atoms with Crippen LogP contribution in [0.15, 0.2) is 24.3 Å². The van der Waals surface area contributed by atoms with E-state index < -0.39 is 12.1 Å². The van der Waals surface area contributed by atoms with E-state index in [4.69, 9.17) is 5.84 Å². The average molecular weight is 211 g/mol. The predicted octanol–water partition coefficient (Wildman–Crippen LogP) is 0.523. The summed E-state index contributed by atoms with van der Waals surface area (Å²) in [4.78, 5) is 22.4. The van der Waals surface area contributed by atoms with Crippen molar-refractivity contribution in [2.24, 2.45) is 5.84 Å². The molecule has 0 unspecified atom stereocenters. The van der Waals surface area contributed by atoms with Gasteiger partial charge in [0.15, 0.2) is 0 Å². The van der Waals surface area contributed by atoms with Crippen LogP contribution in [0.2, 0.25) is 0 Å². The molecule has 0 aromatic rings. The summed E-state index contributed by atoms with van der Waals surface area (Å²) in [5.41, 5.74) is 0. The molecule has 6 nitrogen and oxygen atoms in total. The van der Waals surface area contributed by atoms with Gasteiger partial charge in [0.25, 0.3) is 0 Å². The maximum absolute atomic E-state index is 11.3. The summed E-state index contributed by atoms with van der Waals surface area (Å²) in [5, 5.41) is 2.91. The first-order valence-electron chi connectivity index (χ1n) is 4.52. The number of carbonyl (C=O) groups excluding carboxylic acids is 2. The Hall–Kier alpha value is -1.82. The average Bonchev–Trinajstić information content (AvgIpc) is 2.69. The highest BCUT2D eigenvalue weighted by molar-refractivity contribution is 5.90. The minimum Gasteiger partial charge on any atom is -0.448 e. The van der Waals surface area contributed by atoms with E-state index in [-0.39, 0.29) is 12.6 Å². The van der Waals surface area contributed by atoms with Gasteiger partial charge in [0.1, 0.15) is 0 Å². The van der Waals surface area contributed by atoms with Crippen molar-refractivity contribution in [1.29, 1.82) is 0 Å². The monoisotopic (exact) mass is 211 g/mol. The zero-order valence-corrected chi connectivity index (χ0v) is 8.34. The molecule has 0 atom stereocenters. The number of urea groups is 1. The van der Waals surface area contributed by atoms with E-state index in [9.17, 15) is 9.59 Å². The van der Waals surface area contributed by atoms with Crippen molar-refractivity contribution < 1.29 is 14.3 Å². The van der Waals surface area contributed by atoms with E-state index in [0.29, 0.717) is 5.01 Å². The minimum atomic E-state index is -0.874. The number of carbonyl (C=O) groups is 2. The van der Waals surface area contributed by atoms with Crippen LogP contribution in [0.1, 0.15) is 6.92 Å². The zero-order valence-electron chi connectivity index (χ0n) is 8.34. The molecule has 0 bridgehead atoms. The summed E-state index contributed by atoms with van der Waals surface area (Å²) in [5.74, 6) is 5.22. The number of amides is 3. The van der Waals surface area contributed by atoms with E-state index in [2.05, 4.69) is 10.1 Å². The zero-order chi connectivity index (χ0) is 11.3. The van der Waals surface area contributed by atoms with Gasteiger partial charge in [-0.25, -0.2) is 15.4 Å². The summed E-state index contributed by atoms with van der Waals surface area (Å²) >= 11 is 0. The number of hydrogen-bond acceptors (Lipinski definition) is 4. The number of nitrogens with one attached hydrogen (secondary N) is 1. The Morgan fingerprint density at radius 3 is 2.60 bits per heavy atom. The van der Waals surface area contributed by atoms with Crippen molar-refractivity contribution in [3.63, 3.8) is 0 Å². The Labute approximate surface area is 87.3 Å². The van der Waals surface area contributed by atoms with Crippen LogP contribution >= 0.6 is 0 Å². The second-order valence-electron chi connectivity index (χ2n) is 2.81. The fourth-order valence-electron chi connectivity index (χ4n) is 1.02. The second-order valence-corrected chi connectivity index (χ2v) is 2.81. The normalized spacial score (nSPS) is 14.0. The van der Waals surface area contributed by atoms with Crippen molar-refractivity contribution in [1.82, 2.24) is 10.3 Å². The molecule has 1 aliphatic rings. The third-order valence-electron chi connectivity index (χ3n) is 1.72. The van der Waals surface area contributed by atoms with Gasteiger partial charge in [0.2, 0.25) is 0 Å². The number of hydrogen-bond donors (Lipinski definition) is 2. The molecule has 82 valence electrons. The van der Waals surface area contributed by atoms with Gasteiger partial charge in [-0.05, 0) is 6.92 Å². The van der Waals surface area contributed by atoms with Crippen LogP contribution in [0.5, 0.6) is 0 Å². The lowest BCUT2D eigenvalue weighted by Crippen LogP contribution is -2.50. The molecule has 0 spiro atoms. The van der Waals surface area contributed by atoms with Crippen molar-refractivity contribution in [2.45, 2.75) is 13.0 Å². The fraction of sp³-hybridized carbons (Fsp3) is 0.333. The van der Waals surface area contributed by atoms with Gasteiger partial charge in [-0.15, -0.1) is 0 Å². The highest BCUT2D eigenvalue weighted by Gasteiger charge is 2.20. The first-order chi connectivity index (χ1) is 7.15.